The molecule has 0 bridgehead atoms. The van der Waals surface area contributed by atoms with Crippen LogP contribution < -0.4 is 5.32 Å². The van der Waals surface area contributed by atoms with Crippen molar-refractivity contribution in [1.29, 1.82) is 0 Å². The fraction of sp³-hybridized carbons (Fsp3) is 0.0385. The molecule has 0 radical (unpaired) electrons. The Morgan fingerprint density at radius 3 is 2.23 bits per heavy atom. The van der Waals surface area contributed by atoms with Crippen LogP contribution in [0.25, 0.3) is 55.0 Å². The van der Waals surface area contributed by atoms with Gasteiger partial charge in [0.25, 0.3) is 0 Å². The van der Waals surface area contributed by atoms with Crippen molar-refractivity contribution in [1.82, 2.24) is 0 Å². The van der Waals surface area contributed by atoms with Gasteiger partial charge in [-0.05, 0) is 41.5 Å². The number of fused-ring (bicyclic) bond motifs is 6. The van der Waals surface area contributed by atoms with E-state index in [1.807, 2.05) is 54.6 Å². The molecule has 0 fully saturated rings. The van der Waals surface area contributed by atoms with Crippen LogP contribution in [-0.2, 0) is 4.79 Å². The molecule has 0 saturated heterocycles. The highest BCUT2D eigenvalue weighted by Crippen LogP contribution is 2.41. The molecule has 2 heterocycles. The van der Waals surface area contributed by atoms with Crippen LogP contribution in [0, 0.1) is 0 Å². The normalized spacial score (nSPS) is 11.6. The van der Waals surface area contributed by atoms with Gasteiger partial charge < -0.3 is 14.2 Å². The Bertz CT molecular complexity index is 1600. The van der Waals surface area contributed by atoms with E-state index in [9.17, 15) is 4.79 Å². The Hall–Kier alpha value is -4.05. The molecule has 0 aliphatic heterocycles. The molecule has 144 valence electrons. The predicted octanol–water partition coefficient (Wildman–Crippen LogP) is 7.11. The minimum atomic E-state index is -0.131. The van der Waals surface area contributed by atoms with Crippen molar-refractivity contribution in [2.24, 2.45) is 0 Å². The number of amides is 1. The largest absolute Gasteiger partial charge is 0.456 e. The molecule has 6 aromatic rings. The zero-order chi connectivity index (χ0) is 20.2. The van der Waals surface area contributed by atoms with Crippen molar-refractivity contribution in [3.63, 3.8) is 0 Å². The first-order chi connectivity index (χ1) is 14.7. The van der Waals surface area contributed by atoms with Gasteiger partial charge >= 0.3 is 0 Å². The van der Waals surface area contributed by atoms with Crippen molar-refractivity contribution >= 4 is 55.5 Å². The Morgan fingerprint density at radius 2 is 1.43 bits per heavy atom. The van der Waals surface area contributed by atoms with Gasteiger partial charge in [0.2, 0.25) is 5.91 Å². The Balaban J connectivity index is 1.65. The summed E-state index contributed by atoms with van der Waals surface area (Å²) in [7, 11) is 0. The molecule has 30 heavy (non-hydrogen) atoms. The number of hydrogen-bond donors (Lipinski definition) is 1. The molecular formula is C26H17NO3. The van der Waals surface area contributed by atoms with E-state index in [0.29, 0.717) is 11.3 Å². The van der Waals surface area contributed by atoms with Crippen LogP contribution >= 0.6 is 0 Å². The van der Waals surface area contributed by atoms with Gasteiger partial charge in [-0.2, -0.15) is 0 Å². The predicted molar refractivity (Wildman–Crippen MR) is 121 cm³/mol. The summed E-state index contributed by atoms with van der Waals surface area (Å²) in [6, 6.07) is 26.2. The lowest BCUT2D eigenvalue weighted by Crippen LogP contribution is -2.05. The molecule has 0 atom stereocenters. The van der Waals surface area contributed by atoms with Crippen molar-refractivity contribution in [3.05, 3.63) is 78.9 Å². The lowest BCUT2D eigenvalue weighted by atomic mass is 9.97. The third-order valence-electron chi connectivity index (χ3n) is 5.53. The molecule has 0 aliphatic rings. The summed E-state index contributed by atoms with van der Waals surface area (Å²) in [5.74, 6) is -0.131. The number of benzene rings is 4. The third-order valence-corrected chi connectivity index (χ3v) is 5.53. The zero-order valence-electron chi connectivity index (χ0n) is 16.2. The summed E-state index contributed by atoms with van der Waals surface area (Å²) in [4.78, 5) is 11.7. The Morgan fingerprint density at radius 1 is 0.733 bits per heavy atom. The fourth-order valence-electron chi connectivity index (χ4n) is 4.25. The van der Waals surface area contributed by atoms with E-state index in [1.165, 1.54) is 6.92 Å². The number of carbonyl (C=O) groups excluding carboxylic acids is 1. The number of furan rings is 2. The summed E-state index contributed by atoms with van der Waals surface area (Å²) in [6.07, 6.45) is 0. The van der Waals surface area contributed by atoms with Gasteiger partial charge in [0.1, 0.15) is 16.7 Å². The van der Waals surface area contributed by atoms with Gasteiger partial charge in [-0.3, -0.25) is 4.79 Å². The average molecular weight is 391 g/mol. The van der Waals surface area contributed by atoms with Crippen LogP contribution in [0.4, 0.5) is 5.69 Å². The van der Waals surface area contributed by atoms with Crippen molar-refractivity contribution in [3.8, 4) is 11.1 Å². The monoisotopic (exact) mass is 391 g/mol. The van der Waals surface area contributed by atoms with Gasteiger partial charge in [0.15, 0.2) is 5.58 Å². The molecule has 1 amide bonds. The number of rotatable bonds is 2. The highest BCUT2D eigenvalue weighted by molar-refractivity contribution is 6.17. The minimum absolute atomic E-state index is 0.131. The molecule has 0 spiro atoms. The van der Waals surface area contributed by atoms with Gasteiger partial charge in [-0.15, -0.1) is 0 Å². The number of carbonyl (C=O) groups is 1. The van der Waals surface area contributed by atoms with Crippen molar-refractivity contribution < 1.29 is 13.6 Å². The Kier molecular flexibility index (Phi) is 3.50. The van der Waals surface area contributed by atoms with E-state index in [0.717, 1.165) is 49.4 Å². The van der Waals surface area contributed by atoms with Crippen LogP contribution in [0.3, 0.4) is 0 Å². The lowest BCUT2D eigenvalue weighted by Gasteiger charge is -2.08. The standard InChI is InChI=1S/C26H17NO3/c1-15(28)27-21-13-12-17(25-20-7-3-5-9-23(20)30-26(21)25)16-10-11-19-18-6-2-4-8-22(18)29-24(19)14-16/h2-14H,1H3,(H,27,28). The molecule has 6 rings (SSSR count). The van der Waals surface area contributed by atoms with Crippen LogP contribution in [0.5, 0.6) is 0 Å². The SMILES string of the molecule is CC(=O)Nc1ccc(-c2ccc3c(c2)oc2ccccc23)c2c1oc1ccccc12. The maximum absolute atomic E-state index is 11.7. The van der Waals surface area contributed by atoms with Crippen molar-refractivity contribution in [2.75, 3.05) is 5.32 Å². The number of hydrogen-bond acceptors (Lipinski definition) is 3. The molecular weight excluding hydrogens is 374 g/mol. The van der Waals surface area contributed by atoms with Gasteiger partial charge in [0.05, 0.1) is 5.69 Å². The van der Waals surface area contributed by atoms with Gasteiger partial charge in [0, 0.05) is 28.5 Å². The summed E-state index contributed by atoms with van der Waals surface area (Å²) in [5, 5.41) is 7.08. The highest BCUT2D eigenvalue weighted by Gasteiger charge is 2.17. The molecule has 1 N–H and O–H groups in total. The lowest BCUT2D eigenvalue weighted by molar-refractivity contribution is -0.114. The van der Waals surface area contributed by atoms with Crippen LogP contribution in [0.15, 0.2) is 87.7 Å². The van der Waals surface area contributed by atoms with E-state index in [4.69, 9.17) is 8.83 Å². The van der Waals surface area contributed by atoms with Gasteiger partial charge in [-0.25, -0.2) is 0 Å². The van der Waals surface area contributed by atoms with E-state index < -0.39 is 0 Å². The van der Waals surface area contributed by atoms with E-state index >= 15 is 0 Å². The maximum Gasteiger partial charge on any atom is 0.221 e. The molecule has 4 nitrogen and oxygen atoms in total. The first-order valence-electron chi connectivity index (χ1n) is 9.82. The summed E-state index contributed by atoms with van der Waals surface area (Å²) < 4.78 is 12.2. The minimum Gasteiger partial charge on any atom is -0.456 e. The molecule has 0 unspecified atom stereocenters. The molecule has 0 aliphatic carbocycles. The second kappa shape index (κ2) is 6.22. The maximum atomic E-state index is 11.7. The van der Waals surface area contributed by atoms with E-state index in [2.05, 4.69) is 29.6 Å². The molecule has 4 heteroatoms. The number of para-hydroxylation sites is 2. The molecule has 2 aromatic heterocycles. The van der Waals surface area contributed by atoms with Gasteiger partial charge in [-0.1, -0.05) is 48.5 Å². The molecule has 4 aromatic carbocycles. The highest BCUT2D eigenvalue weighted by atomic mass is 16.3. The first-order valence-corrected chi connectivity index (χ1v) is 9.82. The second-order valence-corrected chi connectivity index (χ2v) is 7.45. The van der Waals surface area contributed by atoms with Crippen molar-refractivity contribution in [2.45, 2.75) is 6.92 Å². The quantitative estimate of drug-likeness (QED) is 0.342. The van der Waals surface area contributed by atoms with Crippen LogP contribution in [-0.4, -0.2) is 5.91 Å². The van der Waals surface area contributed by atoms with Crippen LogP contribution in [0.1, 0.15) is 6.92 Å². The molecule has 0 saturated carbocycles. The van der Waals surface area contributed by atoms with E-state index in [-0.39, 0.29) is 5.91 Å². The third kappa shape index (κ3) is 2.44. The number of nitrogens with one attached hydrogen (secondary N) is 1. The summed E-state index contributed by atoms with van der Waals surface area (Å²) >= 11 is 0. The zero-order valence-corrected chi connectivity index (χ0v) is 16.2. The van der Waals surface area contributed by atoms with E-state index in [1.54, 1.807) is 0 Å². The topological polar surface area (TPSA) is 55.4 Å². The smallest absolute Gasteiger partial charge is 0.221 e. The first kappa shape index (κ1) is 16.9. The average Bonchev–Trinajstić information content (AvgIpc) is 3.32. The Labute approximate surface area is 171 Å². The summed E-state index contributed by atoms with van der Waals surface area (Å²) in [5.41, 5.74) is 5.93. The fourth-order valence-corrected chi connectivity index (χ4v) is 4.25. The number of anilines is 1. The second-order valence-electron chi connectivity index (χ2n) is 7.45. The van der Waals surface area contributed by atoms with Crippen LogP contribution in [0.2, 0.25) is 0 Å². The summed E-state index contributed by atoms with van der Waals surface area (Å²) in [6.45, 7) is 1.50.